The molecule has 0 aliphatic carbocycles. The maximum absolute atomic E-state index is 11.2. The summed E-state index contributed by atoms with van der Waals surface area (Å²) >= 11 is 5.91. The van der Waals surface area contributed by atoms with E-state index in [1.807, 2.05) is 18.2 Å². The van der Waals surface area contributed by atoms with Crippen molar-refractivity contribution < 1.29 is 4.79 Å². The largest absolute Gasteiger partial charge is 0.326 e. The zero-order chi connectivity index (χ0) is 15.9. The molecule has 4 nitrogen and oxygen atoms in total. The molecule has 0 bridgehead atoms. The van der Waals surface area contributed by atoms with Crippen LogP contribution >= 0.6 is 11.6 Å². The quantitative estimate of drug-likeness (QED) is 0.868. The Labute approximate surface area is 135 Å². The first kappa shape index (κ1) is 16.4. The van der Waals surface area contributed by atoms with E-state index in [-0.39, 0.29) is 5.91 Å². The molecule has 0 saturated carbocycles. The van der Waals surface area contributed by atoms with Gasteiger partial charge in [-0.1, -0.05) is 37.1 Å². The number of hydrogen-bond acceptors (Lipinski definition) is 3. The van der Waals surface area contributed by atoms with Gasteiger partial charge in [-0.05, 0) is 36.5 Å². The molecule has 0 radical (unpaired) electrons. The Bertz CT molecular complexity index is 645. The first-order valence-corrected chi connectivity index (χ1v) is 7.80. The maximum Gasteiger partial charge on any atom is 0.221 e. The third-order valence-corrected chi connectivity index (χ3v) is 3.61. The van der Waals surface area contributed by atoms with Crippen LogP contribution in [0.25, 0.3) is 0 Å². The fourth-order valence-corrected chi connectivity index (χ4v) is 2.70. The van der Waals surface area contributed by atoms with Gasteiger partial charge < -0.3 is 5.32 Å². The van der Waals surface area contributed by atoms with E-state index in [0.29, 0.717) is 11.1 Å². The van der Waals surface area contributed by atoms with Gasteiger partial charge >= 0.3 is 0 Å². The van der Waals surface area contributed by atoms with Crippen molar-refractivity contribution in [3.8, 4) is 0 Å². The second kappa shape index (κ2) is 7.90. The number of hydrogen-bond donors (Lipinski definition) is 1. The lowest BCUT2D eigenvalue weighted by atomic mass is 9.90. The van der Waals surface area contributed by atoms with Gasteiger partial charge in [0, 0.05) is 18.8 Å². The van der Waals surface area contributed by atoms with Crippen LogP contribution in [0.5, 0.6) is 0 Å². The van der Waals surface area contributed by atoms with Gasteiger partial charge in [-0.15, -0.1) is 0 Å². The minimum absolute atomic E-state index is 0.0649. The van der Waals surface area contributed by atoms with Crippen molar-refractivity contribution in [3.63, 3.8) is 0 Å². The standard InChI is InChI=1S/C17H20ClN3O/c1-3-5-13(9-16-10-19-11-17(18)21-16)14-6-4-7-15(8-14)20-12(2)22/h4,6-8,10-11,13H,3,5,9H2,1-2H3,(H,20,22). The van der Waals surface area contributed by atoms with E-state index in [1.54, 1.807) is 6.20 Å². The second-order valence-corrected chi connectivity index (χ2v) is 5.72. The zero-order valence-electron chi connectivity index (χ0n) is 12.8. The van der Waals surface area contributed by atoms with E-state index in [9.17, 15) is 4.79 Å². The van der Waals surface area contributed by atoms with Crippen LogP contribution in [-0.4, -0.2) is 15.9 Å². The van der Waals surface area contributed by atoms with Crippen LogP contribution in [0.3, 0.4) is 0 Å². The molecule has 2 rings (SSSR count). The fourth-order valence-electron chi connectivity index (χ4n) is 2.54. The minimum Gasteiger partial charge on any atom is -0.326 e. The van der Waals surface area contributed by atoms with Crippen LogP contribution in [0.2, 0.25) is 5.15 Å². The lowest BCUT2D eigenvalue weighted by Crippen LogP contribution is -2.08. The predicted octanol–water partition coefficient (Wildman–Crippen LogP) is 4.21. The first-order chi connectivity index (χ1) is 10.6. The number of amides is 1. The molecular weight excluding hydrogens is 298 g/mol. The highest BCUT2D eigenvalue weighted by Gasteiger charge is 2.14. The molecule has 2 aromatic rings. The van der Waals surface area contributed by atoms with E-state index >= 15 is 0 Å². The van der Waals surface area contributed by atoms with E-state index in [1.165, 1.54) is 18.7 Å². The average molecular weight is 318 g/mol. The van der Waals surface area contributed by atoms with E-state index < -0.39 is 0 Å². The molecule has 1 unspecified atom stereocenters. The van der Waals surface area contributed by atoms with Crippen molar-refractivity contribution >= 4 is 23.2 Å². The molecule has 0 saturated heterocycles. The highest BCUT2D eigenvalue weighted by atomic mass is 35.5. The number of nitrogens with zero attached hydrogens (tertiary/aromatic N) is 2. The number of rotatable bonds is 6. The number of carbonyl (C=O) groups excluding carboxylic acids is 1. The molecule has 0 aliphatic heterocycles. The van der Waals surface area contributed by atoms with E-state index in [2.05, 4.69) is 28.3 Å². The smallest absolute Gasteiger partial charge is 0.221 e. The Balaban J connectivity index is 2.21. The van der Waals surface area contributed by atoms with Crippen molar-refractivity contribution in [1.82, 2.24) is 9.97 Å². The lowest BCUT2D eigenvalue weighted by molar-refractivity contribution is -0.114. The SMILES string of the molecule is CCCC(Cc1cncc(Cl)n1)c1cccc(NC(C)=O)c1. The Morgan fingerprint density at radius 1 is 1.36 bits per heavy atom. The molecule has 1 heterocycles. The molecule has 0 spiro atoms. The highest BCUT2D eigenvalue weighted by Crippen LogP contribution is 2.27. The summed E-state index contributed by atoms with van der Waals surface area (Å²) in [5, 5.41) is 3.24. The average Bonchev–Trinajstić information content (AvgIpc) is 2.46. The fraction of sp³-hybridized carbons (Fsp3) is 0.353. The summed E-state index contributed by atoms with van der Waals surface area (Å²) in [5.74, 6) is 0.261. The number of halogens is 1. The summed E-state index contributed by atoms with van der Waals surface area (Å²) in [4.78, 5) is 19.6. The Hall–Kier alpha value is -1.94. The van der Waals surface area contributed by atoms with Gasteiger partial charge in [-0.25, -0.2) is 4.98 Å². The Morgan fingerprint density at radius 3 is 2.86 bits per heavy atom. The number of anilines is 1. The number of carbonyl (C=O) groups is 1. The van der Waals surface area contributed by atoms with Crippen LogP contribution in [0.4, 0.5) is 5.69 Å². The molecule has 5 heteroatoms. The van der Waals surface area contributed by atoms with E-state index in [0.717, 1.165) is 30.6 Å². The first-order valence-electron chi connectivity index (χ1n) is 7.42. The maximum atomic E-state index is 11.2. The van der Waals surface area contributed by atoms with Crippen molar-refractivity contribution in [2.75, 3.05) is 5.32 Å². The molecule has 1 amide bonds. The van der Waals surface area contributed by atoms with Crippen LogP contribution < -0.4 is 5.32 Å². The van der Waals surface area contributed by atoms with Gasteiger partial charge in [0.2, 0.25) is 5.91 Å². The summed E-state index contributed by atoms with van der Waals surface area (Å²) in [6.07, 6.45) is 6.19. The van der Waals surface area contributed by atoms with Crippen molar-refractivity contribution in [2.24, 2.45) is 0 Å². The van der Waals surface area contributed by atoms with Crippen LogP contribution in [0.1, 0.15) is 43.9 Å². The molecule has 22 heavy (non-hydrogen) atoms. The molecule has 1 aromatic carbocycles. The Morgan fingerprint density at radius 2 is 2.18 bits per heavy atom. The molecule has 1 N–H and O–H groups in total. The molecule has 0 aliphatic rings. The van der Waals surface area contributed by atoms with Crippen LogP contribution in [0, 0.1) is 0 Å². The van der Waals surface area contributed by atoms with Gasteiger partial charge in [-0.3, -0.25) is 9.78 Å². The summed E-state index contributed by atoms with van der Waals surface area (Å²) in [5.41, 5.74) is 2.90. The van der Waals surface area contributed by atoms with Crippen molar-refractivity contribution in [3.05, 3.63) is 53.1 Å². The normalized spacial score (nSPS) is 12.0. The number of nitrogens with one attached hydrogen (secondary N) is 1. The summed E-state index contributed by atoms with van der Waals surface area (Å²) in [6.45, 7) is 3.67. The van der Waals surface area contributed by atoms with Gasteiger partial charge in [0.25, 0.3) is 0 Å². The molecule has 1 atom stereocenters. The van der Waals surface area contributed by atoms with Gasteiger partial charge in [0.15, 0.2) is 0 Å². The van der Waals surface area contributed by atoms with Crippen LogP contribution in [-0.2, 0) is 11.2 Å². The third kappa shape index (κ3) is 4.81. The van der Waals surface area contributed by atoms with Gasteiger partial charge in [0.05, 0.1) is 11.9 Å². The summed E-state index contributed by atoms with van der Waals surface area (Å²) in [6, 6.07) is 7.98. The van der Waals surface area contributed by atoms with Gasteiger partial charge in [0.1, 0.15) is 5.15 Å². The molecule has 0 fully saturated rings. The summed E-state index contributed by atoms with van der Waals surface area (Å²) < 4.78 is 0. The van der Waals surface area contributed by atoms with Crippen molar-refractivity contribution in [1.29, 1.82) is 0 Å². The number of benzene rings is 1. The molecular formula is C17H20ClN3O. The Kier molecular flexibility index (Phi) is 5.90. The number of aromatic nitrogens is 2. The zero-order valence-corrected chi connectivity index (χ0v) is 13.6. The van der Waals surface area contributed by atoms with Crippen LogP contribution in [0.15, 0.2) is 36.7 Å². The molecule has 116 valence electrons. The third-order valence-electron chi connectivity index (χ3n) is 3.43. The highest BCUT2D eigenvalue weighted by molar-refractivity contribution is 6.29. The predicted molar refractivity (Wildman–Crippen MR) is 89.1 cm³/mol. The topological polar surface area (TPSA) is 54.9 Å². The lowest BCUT2D eigenvalue weighted by Gasteiger charge is -2.17. The second-order valence-electron chi connectivity index (χ2n) is 5.33. The van der Waals surface area contributed by atoms with Crippen molar-refractivity contribution in [2.45, 2.75) is 39.0 Å². The van der Waals surface area contributed by atoms with Gasteiger partial charge in [-0.2, -0.15) is 0 Å². The minimum atomic E-state index is -0.0649. The van der Waals surface area contributed by atoms with E-state index in [4.69, 9.17) is 11.6 Å². The summed E-state index contributed by atoms with van der Waals surface area (Å²) in [7, 11) is 0. The monoisotopic (exact) mass is 317 g/mol. The molecule has 1 aromatic heterocycles.